The molecule has 0 radical (unpaired) electrons. The summed E-state index contributed by atoms with van der Waals surface area (Å²) in [4.78, 5) is 25.6. The van der Waals surface area contributed by atoms with Gasteiger partial charge in [0, 0.05) is 0 Å². The lowest BCUT2D eigenvalue weighted by atomic mass is 10.1. The predicted octanol–water partition coefficient (Wildman–Crippen LogP) is 3.91. The van der Waals surface area contributed by atoms with Gasteiger partial charge in [-0.15, -0.1) is 0 Å². The van der Waals surface area contributed by atoms with Crippen molar-refractivity contribution in [1.29, 1.82) is 0 Å². The highest BCUT2D eigenvalue weighted by Gasteiger charge is 2.35. The second kappa shape index (κ2) is 6.22. The first-order chi connectivity index (χ1) is 11.0. The number of halogens is 2. The molecule has 6 heteroatoms. The maximum atomic E-state index is 12.1. The molecule has 1 amide bonds. The van der Waals surface area contributed by atoms with Crippen LogP contribution in [0.4, 0.5) is 5.69 Å². The van der Waals surface area contributed by atoms with Gasteiger partial charge >= 0.3 is 0 Å². The first kappa shape index (κ1) is 15.8. The summed E-state index contributed by atoms with van der Waals surface area (Å²) in [6, 6.07) is 10.5. The lowest BCUT2D eigenvalue weighted by Crippen LogP contribution is -2.33. The number of anilines is 1. The molecule has 23 heavy (non-hydrogen) atoms. The first-order valence-corrected chi connectivity index (χ1v) is 7.78. The molecular formula is C17H13Cl2NO3. The Balaban J connectivity index is 1.73. The van der Waals surface area contributed by atoms with Crippen LogP contribution in [0.1, 0.15) is 15.9 Å². The molecule has 0 fully saturated rings. The van der Waals surface area contributed by atoms with E-state index in [0.29, 0.717) is 27.0 Å². The first-order valence-electron chi connectivity index (χ1n) is 7.02. The number of hydrogen-bond acceptors (Lipinski definition) is 3. The third-order valence-corrected chi connectivity index (χ3v) is 4.42. The summed E-state index contributed by atoms with van der Waals surface area (Å²) < 4.78 is 5.58. The van der Waals surface area contributed by atoms with Crippen LogP contribution < -0.4 is 9.64 Å². The highest BCUT2D eigenvalue weighted by molar-refractivity contribution is 6.52. The van der Waals surface area contributed by atoms with E-state index in [1.54, 1.807) is 30.3 Å². The van der Waals surface area contributed by atoms with Crippen molar-refractivity contribution in [1.82, 2.24) is 0 Å². The number of carbonyl (C=O) groups is 2. The van der Waals surface area contributed by atoms with Gasteiger partial charge in [-0.25, -0.2) is 0 Å². The smallest absolute Gasteiger partial charge is 0.299 e. The fourth-order valence-corrected chi connectivity index (χ4v) is 2.83. The van der Waals surface area contributed by atoms with Gasteiger partial charge in [0.05, 0.1) is 22.8 Å². The normalized spacial score (nSPS) is 13.4. The van der Waals surface area contributed by atoms with E-state index in [-0.39, 0.29) is 13.2 Å². The molecule has 0 atom stereocenters. The molecule has 0 spiro atoms. The Morgan fingerprint density at radius 2 is 1.91 bits per heavy atom. The van der Waals surface area contributed by atoms with Crippen LogP contribution in [0.5, 0.6) is 5.75 Å². The molecule has 0 saturated heterocycles. The minimum atomic E-state index is -0.536. The van der Waals surface area contributed by atoms with E-state index in [2.05, 4.69) is 0 Å². The monoisotopic (exact) mass is 349 g/mol. The topological polar surface area (TPSA) is 46.6 Å². The molecule has 0 saturated carbocycles. The lowest BCUT2D eigenvalue weighted by Gasteiger charge is -2.17. The van der Waals surface area contributed by atoms with Gasteiger partial charge in [0.25, 0.3) is 11.7 Å². The number of amides is 1. The van der Waals surface area contributed by atoms with E-state index in [1.807, 2.05) is 13.0 Å². The average Bonchev–Trinajstić information content (AvgIpc) is 2.76. The Morgan fingerprint density at radius 3 is 2.70 bits per heavy atom. The Kier molecular flexibility index (Phi) is 4.28. The number of rotatable bonds is 4. The van der Waals surface area contributed by atoms with Gasteiger partial charge in [0.15, 0.2) is 0 Å². The maximum absolute atomic E-state index is 12.1. The van der Waals surface area contributed by atoms with Gasteiger partial charge in [-0.05, 0) is 31.2 Å². The van der Waals surface area contributed by atoms with E-state index in [9.17, 15) is 9.59 Å². The maximum Gasteiger partial charge on any atom is 0.299 e. The number of fused-ring (bicyclic) bond motifs is 1. The fraction of sp³-hybridized carbons (Fsp3) is 0.176. The molecule has 2 aromatic rings. The number of aryl methyl sites for hydroxylation is 1. The van der Waals surface area contributed by atoms with Gasteiger partial charge in [0.1, 0.15) is 17.4 Å². The summed E-state index contributed by atoms with van der Waals surface area (Å²) in [5.74, 6) is -0.572. The summed E-state index contributed by atoms with van der Waals surface area (Å²) in [7, 11) is 0. The van der Waals surface area contributed by atoms with Crippen molar-refractivity contribution in [3.63, 3.8) is 0 Å². The zero-order valence-electron chi connectivity index (χ0n) is 12.3. The second-order valence-electron chi connectivity index (χ2n) is 5.21. The summed E-state index contributed by atoms with van der Waals surface area (Å²) in [5.41, 5.74) is 2.00. The number of hydrogen-bond donors (Lipinski definition) is 0. The van der Waals surface area contributed by atoms with Crippen molar-refractivity contribution in [2.24, 2.45) is 0 Å². The summed E-state index contributed by atoms with van der Waals surface area (Å²) in [6.45, 7) is 2.33. The lowest BCUT2D eigenvalue weighted by molar-refractivity contribution is -0.114. The molecule has 1 aliphatic rings. The van der Waals surface area contributed by atoms with Gasteiger partial charge in [-0.1, -0.05) is 40.9 Å². The molecule has 1 aliphatic heterocycles. The van der Waals surface area contributed by atoms with Gasteiger partial charge in [-0.3, -0.25) is 9.59 Å². The average molecular weight is 350 g/mol. The van der Waals surface area contributed by atoms with Crippen LogP contribution in [0.2, 0.25) is 10.0 Å². The Morgan fingerprint density at radius 1 is 1.13 bits per heavy atom. The van der Waals surface area contributed by atoms with Crippen LogP contribution in [0, 0.1) is 6.92 Å². The standard InChI is InChI=1S/C17H13Cl2NO3/c1-10-5-6-13-11(9-10)16(21)17(22)20(13)7-8-23-14-4-2-3-12(18)15(14)19/h2-6,9H,7-8H2,1H3. The summed E-state index contributed by atoms with van der Waals surface area (Å²) >= 11 is 12.0. The molecule has 0 aliphatic carbocycles. The fourth-order valence-electron chi connectivity index (χ4n) is 2.48. The molecule has 4 nitrogen and oxygen atoms in total. The zero-order chi connectivity index (χ0) is 16.6. The number of nitrogens with zero attached hydrogens (tertiary/aromatic N) is 1. The number of benzene rings is 2. The number of ketones is 1. The van der Waals surface area contributed by atoms with Crippen molar-refractivity contribution in [3.8, 4) is 5.75 Å². The molecule has 1 heterocycles. The van der Waals surface area contributed by atoms with E-state index < -0.39 is 11.7 Å². The largest absolute Gasteiger partial charge is 0.490 e. The van der Waals surface area contributed by atoms with Crippen LogP contribution in [0.3, 0.4) is 0 Å². The molecule has 0 bridgehead atoms. The Labute approximate surface area is 143 Å². The van der Waals surface area contributed by atoms with E-state index >= 15 is 0 Å². The third kappa shape index (κ3) is 2.92. The number of ether oxygens (including phenoxy) is 1. The highest BCUT2D eigenvalue weighted by Crippen LogP contribution is 2.32. The van der Waals surface area contributed by atoms with Gasteiger partial charge < -0.3 is 9.64 Å². The summed E-state index contributed by atoms with van der Waals surface area (Å²) in [6.07, 6.45) is 0. The van der Waals surface area contributed by atoms with Crippen LogP contribution >= 0.6 is 23.2 Å². The number of carbonyl (C=O) groups excluding carboxylic acids is 2. The molecule has 0 aromatic heterocycles. The minimum Gasteiger partial charge on any atom is -0.490 e. The van der Waals surface area contributed by atoms with Crippen molar-refractivity contribution in [2.45, 2.75) is 6.92 Å². The van der Waals surface area contributed by atoms with Crippen LogP contribution in [0.15, 0.2) is 36.4 Å². The molecule has 118 valence electrons. The Bertz CT molecular complexity index is 804. The molecule has 2 aromatic carbocycles. The molecular weight excluding hydrogens is 337 g/mol. The number of Topliss-reactive ketones (excluding diaryl/α,β-unsaturated/α-hetero) is 1. The van der Waals surface area contributed by atoms with E-state index in [4.69, 9.17) is 27.9 Å². The van der Waals surface area contributed by atoms with Crippen LogP contribution in [-0.2, 0) is 4.79 Å². The third-order valence-electron chi connectivity index (χ3n) is 3.62. The van der Waals surface area contributed by atoms with Gasteiger partial charge in [-0.2, -0.15) is 0 Å². The predicted molar refractivity (Wildman–Crippen MR) is 89.8 cm³/mol. The minimum absolute atomic E-state index is 0.201. The second-order valence-corrected chi connectivity index (χ2v) is 5.99. The molecule has 3 rings (SSSR count). The Hall–Kier alpha value is -2.04. The molecule has 0 unspecified atom stereocenters. The van der Waals surface area contributed by atoms with E-state index in [0.717, 1.165) is 5.56 Å². The molecule has 0 N–H and O–H groups in total. The highest BCUT2D eigenvalue weighted by atomic mass is 35.5. The van der Waals surface area contributed by atoms with Crippen molar-refractivity contribution >= 4 is 40.6 Å². The van der Waals surface area contributed by atoms with E-state index in [1.165, 1.54) is 4.90 Å². The van der Waals surface area contributed by atoms with Crippen molar-refractivity contribution < 1.29 is 14.3 Å². The van der Waals surface area contributed by atoms with Crippen LogP contribution in [-0.4, -0.2) is 24.8 Å². The van der Waals surface area contributed by atoms with Crippen LogP contribution in [0.25, 0.3) is 0 Å². The quantitative estimate of drug-likeness (QED) is 0.786. The van der Waals surface area contributed by atoms with Gasteiger partial charge in [0.2, 0.25) is 0 Å². The van der Waals surface area contributed by atoms with Crippen molar-refractivity contribution in [3.05, 3.63) is 57.6 Å². The zero-order valence-corrected chi connectivity index (χ0v) is 13.8. The SMILES string of the molecule is Cc1ccc2c(c1)C(=O)C(=O)N2CCOc1cccc(Cl)c1Cl. The van der Waals surface area contributed by atoms with Crippen molar-refractivity contribution in [2.75, 3.05) is 18.1 Å². The summed E-state index contributed by atoms with van der Waals surface area (Å²) in [5, 5.41) is 0.728.